The maximum Gasteiger partial charge on any atom is 0.519 e. The number of halogens is 1. The molecule has 1 aliphatic heterocycles. The minimum absolute atomic E-state index is 0. The Kier molecular flexibility index (Phi) is 7.05. The lowest BCUT2D eigenvalue weighted by Gasteiger charge is -2.45. The van der Waals surface area contributed by atoms with Gasteiger partial charge in [0.05, 0.1) is 32.2 Å². The van der Waals surface area contributed by atoms with Crippen LogP contribution in [-0.4, -0.2) is 49.0 Å². The number of nitrogens with zero attached hydrogens (tertiary/aromatic N) is 1. The van der Waals surface area contributed by atoms with Gasteiger partial charge in [-0.15, -0.1) is 0 Å². The average Bonchev–Trinajstić information content (AvgIpc) is 3.29. The standard InChI is InChI=1S/C20H28NO5.BrH/c1-21(19(24)25-2)13-12-17(15-8-6-7-9-15)20(21,26-18(23)14-22)16-10-4-3-5-11-16;/h3-5,10-11,15,17,22H,6-9,12-14H2,1-2H3;1H/q+1;/p-1. The fourth-order valence-corrected chi connectivity index (χ4v) is 5.09. The minimum atomic E-state index is -1.18. The van der Waals surface area contributed by atoms with Crippen LogP contribution in [0.3, 0.4) is 0 Å². The van der Waals surface area contributed by atoms with E-state index in [9.17, 15) is 14.7 Å². The predicted octanol–water partition coefficient (Wildman–Crippen LogP) is -0.198. The normalized spacial score (nSPS) is 30.6. The maximum atomic E-state index is 12.9. The number of hydrogen-bond acceptors (Lipinski definition) is 5. The number of benzene rings is 1. The van der Waals surface area contributed by atoms with Crippen LogP contribution in [0.15, 0.2) is 30.3 Å². The number of carbonyl (C=O) groups excluding carboxylic acids is 2. The van der Waals surface area contributed by atoms with Gasteiger partial charge in [-0.3, -0.25) is 0 Å². The number of methoxy groups -OCH3 is 1. The van der Waals surface area contributed by atoms with Gasteiger partial charge in [0, 0.05) is 6.42 Å². The molecule has 3 unspecified atom stereocenters. The molecule has 3 rings (SSSR count). The summed E-state index contributed by atoms with van der Waals surface area (Å²) in [5.41, 5.74) is -0.396. The molecule has 7 heteroatoms. The van der Waals surface area contributed by atoms with Gasteiger partial charge in [0.15, 0.2) is 0 Å². The largest absolute Gasteiger partial charge is 1.00 e. The second-order valence-corrected chi connectivity index (χ2v) is 7.52. The number of aliphatic hydroxyl groups excluding tert-OH is 1. The van der Waals surface area contributed by atoms with E-state index in [0.29, 0.717) is 12.5 Å². The van der Waals surface area contributed by atoms with E-state index in [1.807, 2.05) is 30.3 Å². The fourth-order valence-electron chi connectivity index (χ4n) is 5.09. The summed E-state index contributed by atoms with van der Waals surface area (Å²) in [5.74, 6) is -0.328. The van der Waals surface area contributed by atoms with E-state index in [-0.39, 0.29) is 27.4 Å². The number of rotatable bonds is 4. The molecule has 0 aromatic heterocycles. The second-order valence-electron chi connectivity index (χ2n) is 7.52. The number of quaternary nitrogens is 1. The van der Waals surface area contributed by atoms with Gasteiger partial charge in [0.2, 0.25) is 0 Å². The molecule has 2 aliphatic rings. The molecule has 1 aromatic rings. The van der Waals surface area contributed by atoms with Crippen molar-refractivity contribution in [3.63, 3.8) is 0 Å². The van der Waals surface area contributed by atoms with Crippen LogP contribution in [0.4, 0.5) is 4.79 Å². The molecule has 6 nitrogen and oxygen atoms in total. The molecule has 27 heavy (non-hydrogen) atoms. The molecule has 1 amide bonds. The van der Waals surface area contributed by atoms with Crippen LogP contribution in [-0.2, 0) is 20.0 Å². The average molecular weight is 442 g/mol. The molecule has 2 fully saturated rings. The predicted molar refractivity (Wildman–Crippen MR) is 94.8 cm³/mol. The summed E-state index contributed by atoms with van der Waals surface area (Å²) >= 11 is 0. The Balaban J connectivity index is 0.00000261. The van der Waals surface area contributed by atoms with E-state index >= 15 is 0 Å². The van der Waals surface area contributed by atoms with Crippen LogP contribution in [0.5, 0.6) is 0 Å². The van der Waals surface area contributed by atoms with Gasteiger partial charge in [-0.2, -0.15) is 9.28 Å². The summed E-state index contributed by atoms with van der Waals surface area (Å²) in [6.07, 6.45) is 4.78. The third-order valence-electron chi connectivity index (χ3n) is 6.26. The first-order valence-corrected chi connectivity index (χ1v) is 9.32. The van der Waals surface area contributed by atoms with Gasteiger partial charge in [-0.05, 0) is 30.9 Å². The van der Waals surface area contributed by atoms with Crippen LogP contribution in [0.2, 0.25) is 0 Å². The highest BCUT2D eigenvalue weighted by Gasteiger charge is 2.69. The first kappa shape index (κ1) is 21.9. The van der Waals surface area contributed by atoms with Crippen molar-refractivity contribution in [2.75, 3.05) is 27.3 Å². The molecular formula is C20H28BrNO5. The fraction of sp³-hybridized carbons (Fsp3) is 0.600. The van der Waals surface area contributed by atoms with Gasteiger partial charge in [-0.1, -0.05) is 31.0 Å². The van der Waals surface area contributed by atoms with Crippen molar-refractivity contribution < 1.29 is 45.6 Å². The van der Waals surface area contributed by atoms with Crippen molar-refractivity contribution in [2.45, 2.75) is 37.8 Å². The molecule has 1 heterocycles. The molecular weight excluding hydrogens is 414 g/mol. The maximum absolute atomic E-state index is 12.9. The van der Waals surface area contributed by atoms with Crippen molar-refractivity contribution >= 4 is 12.1 Å². The van der Waals surface area contributed by atoms with E-state index in [0.717, 1.165) is 37.7 Å². The molecule has 0 bridgehead atoms. The number of amides is 1. The zero-order valence-corrected chi connectivity index (χ0v) is 17.5. The number of likely N-dealkylation sites (tertiary alicyclic amines) is 1. The SMILES string of the molecule is COC(=O)[N+]1(C)CCC(C2CCCC2)C1(OC(=O)CO)c1ccccc1.[Br-]. The summed E-state index contributed by atoms with van der Waals surface area (Å²) < 4.78 is 10.9. The first-order chi connectivity index (χ1) is 12.5. The second kappa shape index (κ2) is 8.71. The van der Waals surface area contributed by atoms with E-state index in [4.69, 9.17) is 9.47 Å². The van der Waals surface area contributed by atoms with E-state index in [1.165, 1.54) is 7.11 Å². The quantitative estimate of drug-likeness (QED) is 0.517. The van der Waals surface area contributed by atoms with Crippen LogP contribution in [0.1, 0.15) is 37.7 Å². The topological polar surface area (TPSA) is 72.8 Å². The number of carbonyl (C=O) groups is 2. The Morgan fingerprint density at radius 1 is 1.19 bits per heavy atom. The van der Waals surface area contributed by atoms with E-state index in [2.05, 4.69) is 0 Å². The Hall–Kier alpha value is -1.44. The molecule has 150 valence electrons. The van der Waals surface area contributed by atoms with Crippen molar-refractivity contribution in [1.29, 1.82) is 0 Å². The Morgan fingerprint density at radius 3 is 2.37 bits per heavy atom. The number of ether oxygens (including phenoxy) is 2. The molecule has 1 N–H and O–H groups in total. The van der Waals surface area contributed by atoms with Crippen molar-refractivity contribution in [3.05, 3.63) is 35.9 Å². The van der Waals surface area contributed by atoms with Crippen molar-refractivity contribution in [2.24, 2.45) is 11.8 Å². The van der Waals surface area contributed by atoms with Crippen molar-refractivity contribution in [3.8, 4) is 0 Å². The third kappa shape index (κ3) is 3.52. The molecule has 1 saturated heterocycles. The lowest BCUT2D eigenvalue weighted by Crippen LogP contribution is -3.00. The third-order valence-corrected chi connectivity index (χ3v) is 6.26. The van der Waals surface area contributed by atoms with E-state index in [1.54, 1.807) is 7.05 Å². The summed E-state index contributed by atoms with van der Waals surface area (Å²) in [5, 5.41) is 9.38. The monoisotopic (exact) mass is 441 g/mol. The Bertz CT molecular complexity index is 664. The van der Waals surface area contributed by atoms with Crippen LogP contribution in [0, 0.1) is 11.8 Å². The highest BCUT2D eigenvalue weighted by molar-refractivity contribution is 5.71. The van der Waals surface area contributed by atoms with Gasteiger partial charge < -0.3 is 31.6 Å². The number of aliphatic hydroxyl groups is 1. The van der Waals surface area contributed by atoms with Gasteiger partial charge >= 0.3 is 12.1 Å². The zero-order valence-electron chi connectivity index (χ0n) is 15.9. The number of esters is 1. The molecule has 0 radical (unpaired) electrons. The molecule has 1 saturated carbocycles. The molecule has 0 spiro atoms. The highest BCUT2D eigenvalue weighted by atomic mass is 79.9. The van der Waals surface area contributed by atoms with Crippen molar-refractivity contribution in [1.82, 2.24) is 0 Å². The van der Waals surface area contributed by atoms with Crippen LogP contribution >= 0.6 is 0 Å². The Morgan fingerprint density at radius 2 is 1.81 bits per heavy atom. The van der Waals surface area contributed by atoms with E-state index < -0.39 is 24.4 Å². The lowest BCUT2D eigenvalue weighted by molar-refractivity contribution is -0.915. The zero-order chi connectivity index (χ0) is 18.8. The summed E-state index contributed by atoms with van der Waals surface area (Å²) in [6, 6.07) is 9.47. The lowest BCUT2D eigenvalue weighted by atomic mass is 9.78. The minimum Gasteiger partial charge on any atom is -1.00 e. The summed E-state index contributed by atoms with van der Waals surface area (Å²) in [6.45, 7) is -0.186. The van der Waals surface area contributed by atoms with Gasteiger partial charge in [-0.25, -0.2) is 4.79 Å². The Labute approximate surface area is 170 Å². The van der Waals surface area contributed by atoms with Crippen LogP contribution in [0.25, 0.3) is 0 Å². The van der Waals surface area contributed by atoms with Crippen LogP contribution < -0.4 is 17.0 Å². The molecule has 1 aromatic carbocycles. The highest BCUT2D eigenvalue weighted by Crippen LogP contribution is 2.55. The smallest absolute Gasteiger partial charge is 0.519 e. The first-order valence-electron chi connectivity index (χ1n) is 9.32. The summed E-state index contributed by atoms with van der Waals surface area (Å²) in [4.78, 5) is 25.1. The number of hydrogen-bond donors (Lipinski definition) is 1. The molecule has 3 atom stereocenters. The molecule has 1 aliphatic carbocycles. The van der Waals surface area contributed by atoms with Gasteiger partial charge in [0.25, 0.3) is 5.72 Å². The van der Waals surface area contributed by atoms with Gasteiger partial charge in [0.1, 0.15) is 6.61 Å². The summed E-state index contributed by atoms with van der Waals surface area (Å²) in [7, 11) is 3.14.